The van der Waals surface area contributed by atoms with Gasteiger partial charge in [-0.15, -0.1) is 0 Å². The van der Waals surface area contributed by atoms with Crippen LogP contribution in [0, 0.1) is 11.8 Å². The summed E-state index contributed by atoms with van der Waals surface area (Å²) in [5, 5.41) is 50.5. The molecular formula is C71H92N12O12. The van der Waals surface area contributed by atoms with Gasteiger partial charge in [-0.25, -0.2) is 0 Å². The molecule has 5 aromatic rings. The number of aliphatic hydroxyl groups excluding tert-OH is 2. The lowest BCUT2D eigenvalue weighted by Crippen LogP contribution is -2.62. The number of fused-ring (bicyclic) bond motifs is 2. The van der Waals surface area contributed by atoms with Crippen LogP contribution in [0.5, 0.6) is 0 Å². The molecular weight excluding hydrogens is 1210 g/mol. The normalized spacial score (nSPS) is 21.8. The molecule has 24 heteroatoms. The molecule has 0 radical (unpaired) electrons. The zero-order chi connectivity index (χ0) is 67.8. The molecule has 24 nitrogen and oxygen atoms in total. The Balaban J connectivity index is 0.806. The fourth-order valence-corrected chi connectivity index (χ4v) is 14.1. The molecule has 0 aliphatic carbocycles. The molecule has 12 N–H and O–H groups in total. The summed E-state index contributed by atoms with van der Waals surface area (Å²) in [6, 6.07) is 29.6. The second-order valence-corrected chi connectivity index (χ2v) is 25.5. The molecule has 4 fully saturated rings. The Morgan fingerprint density at radius 2 is 0.811 bits per heavy atom. The van der Waals surface area contributed by atoms with E-state index < -0.39 is 105 Å². The third kappa shape index (κ3) is 15.3. The summed E-state index contributed by atoms with van der Waals surface area (Å²) in [6.07, 6.45) is 5.86. The van der Waals surface area contributed by atoms with Crippen molar-refractivity contribution in [2.24, 2.45) is 11.8 Å². The summed E-state index contributed by atoms with van der Waals surface area (Å²) in [4.78, 5) is 144. The second-order valence-electron chi connectivity index (χ2n) is 25.5. The smallest absolute Gasteiger partial charge is 0.255 e. The van der Waals surface area contributed by atoms with Crippen LogP contribution in [0.15, 0.2) is 131 Å². The summed E-state index contributed by atoms with van der Waals surface area (Å²) < 4.78 is 0. The number of benzene rings is 4. The minimum Gasteiger partial charge on any atom is -0.396 e. The lowest BCUT2D eigenvalue weighted by molar-refractivity contribution is -0.145. The molecule has 0 aromatic heterocycles. The first kappa shape index (κ1) is 70.5. The molecule has 508 valence electrons. The van der Waals surface area contributed by atoms with E-state index in [9.17, 15) is 53.4 Å². The van der Waals surface area contributed by atoms with Gasteiger partial charge in [-0.2, -0.15) is 0 Å². The zero-order valence-corrected chi connectivity index (χ0v) is 54.6. The van der Waals surface area contributed by atoms with E-state index in [1.54, 1.807) is 154 Å². The maximum Gasteiger partial charge on any atom is 0.255 e. The maximum absolute atomic E-state index is 15.0. The van der Waals surface area contributed by atoms with Crippen molar-refractivity contribution < 1.29 is 48.6 Å². The first-order chi connectivity index (χ1) is 45.9. The van der Waals surface area contributed by atoms with Crippen molar-refractivity contribution in [3.63, 3.8) is 0 Å². The van der Waals surface area contributed by atoms with Crippen molar-refractivity contribution in [1.82, 2.24) is 52.3 Å². The molecule has 4 aliphatic rings. The number of hydrogen-bond donors (Lipinski definition) is 12. The summed E-state index contributed by atoms with van der Waals surface area (Å²) in [7, 11) is 3.27. The minimum absolute atomic E-state index is 0.141. The summed E-state index contributed by atoms with van der Waals surface area (Å²) in [6.45, 7) is 3.70. The molecule has 0 spiro atoms. The number of carbonyl (C=O) groups excluding carboxylic acids is 8. The fraction of sp³-hybridized carbons (Fsp3) is 0.493. The molecule has 4 heterocycles. The highest BCUT2D eigenvalue weighted by atomic mass is 16.3. The van der Waals surface area contributed by atoms with Gasteiger partial charge >= 0.3 is 0 Å². The Morgan fingerprint density at radius 3 is 1.16 bits per heavy atom. The maximum atomic E-state index is 15.0. The van der Waals surface area contributed by atoms with Crippen molar-refractivity contribution in [2.75, 3.05) is 64.1 Å². The first-order valence-electron chi connectivity index (χ1n) is 33.5. The van der Waals surface area contributed by atoms with E-state index in [0.717, 1.165) is 0 Å². The van der Waals surface area contributed by atoms with E-state index in [1.165, 1.54) is 4.90 Å². The van der Waals surface area contributed by atoms with Gasteiger partial charge in [-0.3, -0.25) is 47.9 Å². The molecule has 8 amide bonds. The number of carbonyl (C=O) groups is 8. The van der Waals surface area contributed by atoms with Gasteiger partial charge < -0.3 is 73.2 Å². The SMILES string of the molecule is CN[C@@H](C)C(=O)NC1C(=O)N2[C@@H](CC[C@@H]1CCO)CC[C@H]2C(=O)NC(C(=O)NCCCCNc1c(NCCCCNC(=O)C(NC(=O)[C@@H]2CC[C@@H]3CC[C@H](CO)[C@H](NC(=O)[C@H](C)NC)C(=O)N32)(c2ccccc2)c2ccccc2)c(=O)c1=O)(c1ccccc1)c1ccccc1. The zero-order valence-electron chi connectivity index (χ0n) is 54.6. The van der Waals surface area contributed by atoms with Crippen LogP contribution in [0.2, 0.25) is 0 Å². The van der Waals surface area contributed by atoms with E-state index in [-0.39, 0.29) is 74.7 Å². The average molecular weight is 1310 g/mol. The molecule has 9 rings (SSSR count). The average Bonchev–Trinajstić information content (AvgIpc) is 1.65. The van der Waals surface area contributed by atoms with Gasteiger partial charge in [0.1, 0.15) is 35.5 Å². The summed E-state index contributed by atoms with van der Waals surface area (Å²) >= 11 is 0. The van der Waals surface area contributed by atoms with Crippen molar-refractivity contribution in [3.8, 4) is 0 Å². The highest BCUT2D eigenvalue weighted by Crippen LogP contribution is 2.39. The standard InChI is InChI=1S/C71H92N12O12/c1-44(72-3)62(88)78-56-46(37-42-84)29-31-52-33-35-54(82(52)66(56)92)64(90)80-70(48-21-9-5-10-22-48,49-23-11-6-12-24-49)68(94)76-40-19-17-38-74-58-59(61(87)60(58)86)75-39-18-20-41-77-69(95)71(50-25-13-7-14-26-50,51-27-15-8-16-28-51)81-65(91)55-36-34-53-32-30-47(43-85)57(67(93)83(53)55)79-63(89)45(2)73-4/h5-16,21-28,44-47,52-57,72-75,84-85H,17-20,29-43H2,1-4H3,(H,76,94)(H,77,95)(H,78,88)(H,79,89)(H,80,90)(H,81,91)/t44-,45-,46+,47+,52-,53-,54-,55-,56?,57-/m0/s1. The van der Waals surface area contributed by atoms with Gasteiger partial charge in [-0.1, -0.05) is 121 Å². The number of likely N-dealkylation sites (N-methyl/N-ethyl adjacent to an activating group) is 2. The van der Waals surface area contributed by atoms with Crippen molar-refractivity contribution in [3.05, 3.63) is 164 Å². The number of unbranched alkanes of at least 4 members (excludes halogenated alkanes) is 2. The number of rotatable bonds is 31. The molecule has 4 aliphatic heterocycles. The van der Waals surface area contributed by atoms with Crippen molar-refractivity contribution >= 4 is 58.6 Å². The van der Waals surface area contributed by atoms with Crippen LogP contribution < -0.4 is 64.0 Å². The monoisotopic (exact) mass is 1300 g/mol. The van der Waals surface area contributed by atoms with Crippen LogP contribution in [0.4, 0.5) is 11.4 Å². The first-order valence-corrected chi connectivity index (χ1v) is 33.5. The number of aliphatic hydroxyl groups is 2. The van der Waals surface area contributed by atoms with E-state index >= 15 is 4.79 Å². The summed E-state index contributed by atoms with van der Waals surface area (Å²) in [5.41, 5.74) is -2.67. The Labute approximate surface area is 554 Å². The minimum atomic E-state index is -1.76. The van der Waals surface area contributed by atoms with Crippen LogP contribution in [-0.2, 0) is 49.4 Å². The number of anilines is 2. The molecule has 10 atom stereocenters. The molecule has 4 saturated heterocycles. The third-order valence-corrected chi connectivity index (χ3v) is 19.7. The fourth-order valence-electron chi connectivity index (χ4n) is 14.1. The molecule has 1 unspecified atom stereocenters. The Kier molecular flexibility index (Phi) is 24.1. The lowest BCUT2D eigenvalue weighted by Gasteiger charge is -2.38. The van der Waals surface area contributed by atoms with Gasteiger partial charge in [0, 0.05) is 57.4 Å². The Bertz CT molecular complexity index is 3460. The molecule has 0 saturated carbocycles. The van der Waals surface area contributed by atoms with E-state index in [4.69, 9.17) is 0 Å². The van der Waals surface area contributed by atoms with Crippen LogP contribution >= 0.6 is 0 Å². The van der Waals surface area contributed by atoms with Crippen molar-refractivity contribution in [2.45, 2.75) is 157 Å². The molecule has 5 aromatic carbocycles. The van der Waals surface area contributed by atoms with Crippen molar-refractivity contribution in [1.29, 1.82) is 0 Å². The molecule has 0 bridgehead atoms. The van der Waals surface area contributed by atoms with Gasteiger partial charge in [-0.05, 0) is 140 Å². The third-order valence-electron chi connectivity index (χ3n) is 19.7. The van der Waals surface area contributed by atoms with Gasteiger partial charge in [0.2, 0.25) is 35.4 Å². The Morgan fingerprint density at radius 1 is 0.474 bits per heavy atom. The quantitative estimate of drug-likeness (QED) is 0.0223. The second kappa shape index (κ2) is 32.5. The van der Waals surface area contributed by atoms with E-state index in [2.05, 4.69) is 53.2 Å². The number of hydrogen-bond acceptors (Lipinski definition) is 16. The lowest BCUT2D eigenvalue weighted by atomic mass is 9.81. The van der Waals surface area contributed by atoms with Crippen LogP contribution in [-0.4, -0.2) is 169 Å². The highest BCUT2D eigenvalue weighted by Gasteiger charge is 2.53. The number of amides is 8. The highest BCUT2D eigenvalue weighted by molar-refractivity contribution is 6.01. The predicted molar refractivity (Wildman–Crippen MR) is 359 cm³/mol. The summed E-state index contributed by atoms with van der Waals surface area (Å²) in [5.74, 6) is -4.72. The van der Waals surface area contributed by atoms with Crippen LogP contribution in [0.3, 0.4) is 0 Å². The van der Waals surface area contributed by atoms with Gasteiger partial charge in [0.25, 0.3) is 22.7 Å². The number of nitrogens with zero attached hydrogens (tertiary/aromatic N) is 2. The largest absolute Gasteiger partial charge is 0.396 e. The predicted octanol–water partition coefficient (Wildman–Crippen LogP) is 2.12. The van der Waals surface area contributed by atoms with Gasteiger partial charge in [0.15, 0.2) is 11.1 Å². The number of nitrogens with one attached hydrogen (secondary N) is 10. The van der Waals surface area contributed by atoms with E-state index in [0.29, 0.717) is 106 Å². The van der Waals surface area contributed by atoms with Gasteiger partial charge in [0.05, 0.1) is 12.1 Å². The van der Waals surface area contributed by atoms with Crippen LogP contribution in [0.25, 0.3) is 0 Å². The topological polar surface area (TPSA) is 338 Å². The molecule has 95 heavy (non-hydrogen) atoms. The van der Waals surface area contributed by atoms with Crippen LogP contribution in [0.1, 0.15) is 120 Å². The van der Waals surface area contributed by atoms with E-state index in [1.807, 2.05) is 0 Å². The Hall–Kier alpha value is -8.84.